The highest BCUT2D eigenvalue weighted by molar-refractivity contribution is 9.10. The molecule has 1 atom stereocenters. The Balaban J connectivity index is 1.29. The van der Waals surface area contributed by atoms with E-state index in [9.17, 15) is 9.59 Å². The average Bonchev–Trinajstić information content (AvgIpc) is 3.45. The molecule has 0 spiro atoms. The van der Waals surface area contributed by atoms with Gasteiger partial charge >= 0.3 is 0 Å². The van der Waals surface area contributed by atoms with Gasteiger partial charge in [-0.1, -0.05) is 15.9 Å². The number of fused-ring (bicyclic) bond motifs is 2. The molecule has 2 N–H and O–H groups in total. The molecule has 0 bridgehead atoms. The molecule has 0 saturated heterocycles. The number of aryl methyl sites for hydroxylation is 2. The number of benzene rings is 2. The lowest BCUT2D eigenvalue weighted by molar-refractivity contribution is -0.117. The van der Waals surface area contributed by atoms with Gasteiger partial charge in [0.25, 0.3) is 5.91 Å². The summed E-state index contributed by atoms with van der Waals surface area (Å²) in [5.41, 5.74) is 3.01. The Morgan fingerprint density at radius 3 is 2.81 bits per heavy atom. The number of thiazole rings is 1. The Hall–Kier alpha value is -2.91. The summed E-state index contributed by atoms with van der Waals surface area (Å²) in [4.78, 5) is 31.1. The van der Waals surface area contributed by atoms with Crippen LogP contribution in [0.5, 0.6) is 11.5 Å². The van der Waals surface area contributed by atoms with Gasteiger partial charge < -0.3 is 14.8 Å². The van der Waals surface area contributed by atoms with Crippen LogP contribution in [-0.2, 0) is 11.2 Å². The van der Waals surface area contributed by atoms with E-state index < -0.39 is 0 Å². The fourth-order valence-electron chi connectivity index (χ4n) is 3.69. The lowest BCUT2D eigenvalue weighted by Gasteiger charge is -2.12. The lowest BCUT2D eigenvalue weighted by atomic mass is 10.1. The monoisotopic (exact) mass is 499 g/mol. The molecule has 2 aliphatic rings. The molecule has 7 nitrogen and oxygen atoms in total. The topological polar surface area (TPSA) is 89.6 Å². The van der Waals surface area contributed by atoms with Crippen molar-refractivity contribution in [3.63, 3.8) is 0 Å². The maximum atomic E-state index is 12.9. The van der Waals surface area contributed by atoms with E-state index in [0.717, 1.165) is 32.7 Å². The van der Waals surface area contributed by atoms with E-state index in [0.29, 0.717) is 28.6 Å². The Morgan fingerprint density at radius 2 is 1.97 bits per heavy atom. The molecule has 9 heteroatoms. The van der Waals surface area contributed by atoms with Gasteiger partial charge in [-0.15, -0.1) is 11.3 Å². The first-order valence-corrected chi connectivity index (χ1v) is 11.4. The molecule has 31 heavy (non-hydrogen) atoms. The highest BCUT2D eigenvalue weighted by Crippen LogP contribution is 2.39. The fraction of sp³-hybridized carbons (Fsp3) is 0.227. The second-order valence-electron chi connectivity index (χ2n) is 7.39. The molecule has 158 valence electrons. The van der Waals surface area contributed by atoms with Crippen molar-refractivity contribution in [1.29, 1.82) is 0 Å². The minimum Gasteiger partial charge on any atom is -0.454 e. The second kappa shape index (κ2) is 7.97. The number of hydrogen-bond acceptors (Lipinski definition) is 6. The predicted molar refractivity (Wildman–Crippen MR) is 121 cm³/mol. The predicted octanol–water partition coefficient (Wildman–Crippen LogP) is 4.86. The van der Waals surface area contributed by atoms with Crippen LogP contribution in [0.4, 0.5) is 10.8 Å². The Bertz CT molecular complexity index is 1210. The molecule has 0 radical (unpaired) electrons. The number of carbonyl (C=O) groups excluding carboxylic acids is 2. The van der Waals surface area contributed by atoms with Gasteiger partial charge in [-0.25, -0.2) is 4.98 Å². The van der Waals surface area contributed by atoms with Gasteiger partial charge in [0.05, 0.1) is 11.6 Å². The third-order valence-corrected chi connectivity index (χ3v) is 7.25. The average molecular weight is 500 g/mol. The first-order chi connectivity index (χ1) is 15.0. The summed E-state index contributed by atoms with van der Waals surface area (Å²) < 4.78 is 11.6. The largest absolute Gasteiger partial charge is 0.454 e. The number of halogens is 1. The number of rotatable bonds is 4. The van der Waals surface area contributed by atoms with Crippen molar-refractivity contribution in [2.24, 2.45) is 0 Å². The van der Waals surface area contributed by atoms with Crippen molar-refractivity contribution in [1.82, 2.24) is 4.98 Å². The van der Waals surface area contributed by atoms with Crippen molar-refractivity contribution in [3.05, 3.63) is 62.6 Å². The first-order valence-electron chi connectivity index (χ1n) is 9.75. The maximum absolute atomic E-state index is 12.9. The van der Waals surface area contributed by atoms with Crippen LogP contribution in [-0.4, -0.2) is 23.6 Å². The molecule has 0 saturated carbocycles. The van der Waals surface area contributed by atoms with E-state index in [1.165, 1.54) is 11.3 Å². The normalized spacial score (nSPS) is 16.1. The minimum atomic E-state index is -0.327. The molecule has 1 aliphatic heterocycles. The van der Waals surface area contributed by atoms with Gasteiger partial charge in [-0.2, -0.15) is 0 Å². The van der Waals surface area contributed by atoms with Gasteiger partial charge in [0.2, 0.25) is 12.7 Å². The van der Waals surface area contributed by atoms with E-state index in [1.807, 2.05) is 25.1 Å². The van der Waals surface area contributed by atoms with E-state index in [2.05, 4.69) is 31.5 Å². The number of ether oxygens (including phenoxy) is 2. The standard InChI is InChI=1S/C22H18BrN3O4S/c1-11-8-13(3-5-15(11)23)24-21(28)14-4-7-18-19(14)25-22(31-18)26-20(27)12-2-6-16-17(9-12)30-10-29-16/h2-3,5-6,8-9,14H,4,7,10H2,1H3,(H,24,28)(H,25,26,27). The van der Waals surface area contributed by atoms with Crippen molar-refractivity contribution < 1.29 is 19.1 Å². The van der Waals surface area contributed by atoms with E-state index in [4.69, 9.17) is 9.47 Å². The number of carbonyl (C=O) groups is 2. The zero-order valence-electron chi connectivity index (χ0n) is 16.5. The Morgan fingerprint density at radius 1 is 1.13 bits per heavy atom. The van der Waals surface area contributed by atoms with Crippen LogP contribution >= 0.6 is 27.3 Å². The van der Waals surface area contributed by atoms with Crippen molar-refractivity contribution in [2.75, 3.05) is 17.4 Å². The third-order valence-electron chi connectivity index (χ3n) is 5.31. The molecular weight excluding hydrogens is 482 g/mol. The third kappa shape index (κ3) is 3.90. The second-order valence-corrected chi connectivity index (χ2v) is 9.33. The quantitative estimate of drug-likeness (QED) is 0.534. The van der Waals surface area contributed by atoms with Crippen LogP contribution in [0.3, 0.4) is 0 Å². The molecule has 1 aliphatic carbocycles. The summed E-state index contributed by atoms with van der Waals surface area (Å²) in [6.45, 7) is 2.13. The van der Waals surface area contributed by atoms with E-state index in [1.54, 1.807) is 18.2 Å². The Labute approximate surface area is 190 Å². The van der Waals surface area contributed by atoms with Gasteiger partial charge in [0, 0.05) is 20.6 Å². The van der Waals surface area contributed by atoms with Crippen LogP contribution in [0.25, 0.3) is 0 Å². The number of nitrogens with zero attached hydrogens (tertiary/aromatic N) is 1. The molecule has 0 fully saturated rings. The van der Waals surface area contributed by atoms with Crippen LogP contribution < -0.4 is 20.1 Å². The number of anilines is 2. The van der Waals surface area contributed by atoms with Crippen LogP contribution in [0.2, 0.25) is 0 Å². The van der Waals surface area contributed by atoms with Crippen LogP contribution in [0.1, 0.15) is 38.8 Å². The van der Waals surface area contributed by atoms with Crippen molar-refractivity contribution in [2.45, 2.75) is 25.7 Å². The van der Waals surface area contributed by atoms with Gasteiger partial charge in [-0.05, 0) is 61.7 Å². The SMILES string of the molecule is Cc1cc(NC(=O)C2CCc3sc(NC(=O)c4ccc5c(c4)OCO5)nc32)ccc1Br. The Kier molecular flexibility index (Phi) is 5.15. The highest BCUT2D eigenvalue weighted by Gasteiger charge is 2.33. The molecular formula is C22H18BrN3O4S. The first kappa shape index (κ1) is 20.0. The minimum absolute atomic E-state index is 0.0839. The van der Waals surface area contributed by atoms with E-state index >= 15 is 0 Å². The fourth-order valence-corrected chi connectivity index (χ4v) is 4.97. The zero-order chi connectivity index (χ0) is 21.5. The summed E-state index contributed by atoms with van der Waals surface area (Å²) in [6.07, 6.45) is 1.48. The highest BCUT2D eigenvalue weighted by atomic mass is 79.9. The van der Waals surface area contributed by atoms with Crippen molar-refractivity contribution >= 4 is 49.9 Å². The molecule has 3 aromatic rings. The lowest BCUT2D eigenvalue weighted by Crippen LogP contribution is -2.20. The van der Waals surface area contributed by atoms with Crippen LogP contribution in [0, 0.1) is 6.92 Å². The van der Waals surface area contributed by atoms with Gasteiger partial charge in [0.1, 0.15) is 0 Å². The smallest absolute Gasteiger partial charge is 0.257 e. The summed E-state index contributed by atoms with van der Waals surface area (Å²) in [6, 6.07) is 10.7. The van der Waals surface area contributed by atoms with Gasteiger partial charge in [0.15, 0.2) is 16.6 Å². The molecule has 5 rings (SSSR count). The number of amides is 2. The van der Waals surface area contributed by atoms with E-state index in [-0.39, 0.29) is 24.5 Å². The van der Waals surface area contributed by atoms with Gasteiger partial charge in [-0.3, -0.25) is 14.9 Å². The zero-order valence-corrected chi connectivity index (χ0v) is 18.9. The number of hydrogen-bond donors (Lipinski definition) is 2. The summed E-state index contributed by atoms with van der Waals surface area (Å²) in [5.74, 6) is 0.483. The van der Waals surface area contributed by atoms with Crippen LogP contribution in [0.15, 0.2) is 40.9 Å². The maximum Gasteiger partial charge on any atom is 0.257 e. The molecule has 2 heterocycles. The summed E-state index contributed by atoms with van der Waals surface area (Å²) in [5, 5.41) is 6.31. The molecule has 1 unspecified atom stereocenters. The number of aromatic nitrogens is 1. The molecule has 2 aromatic carbocycles. The summed E-state index contributed by atoms with van der Waals surface area (Å²) >= 11 is 4.89. The molecule has 2 amide bonds. The number of nitrogens with one attached hydrogen (secondary N) is 2. The summed E-state index contributed by atoms with van der Waals surface area (Å²) in [7, 11) is 0. The van der Waals surface area contributed by atoms with Crippen molar-refractivity contribution in [3.8, 4) is 11.5 Å². The molecule has 1 aromatic heterocycles.